The molecule has 0 spiro atoms. The van der Waals surface area contributed by atoms with Gasteiger partial charge in [0.2, 0.25) is 0 Å². The molecule has 2 atom stereocenters. The van der Waals surface area contributed by atoms with Gasteiger partial charge in [-0.1, -0.05) is 6.07 Å². The highest BCUT2D eigenvalue weighted by Gasteiger charge is 2.34. The van der Waals surface area contributed by atoms with E-state index in [1.165, 1.54) is 0 Å². The Morgan fingerprint density at radius 2 is 1.75 bits per heavy atom. The van der Waals surface area contributed by atoms with E-state index in [0.717, 1.165) is 57.8 Å². The van der Waals surface area contributed by atoms with Gasteiger partial charge < -0.3 is 19.1 Å². The number of ether oxygens (including phenoxy) is 3. The van der Waals surface area contributed by atoms with Crippen molar-refractivity contribution in [3.8, 4) is 22.8 Å². The summed E-state index contributed by atoms with van der Waals surface area (Å²) in [7, 11) is 5.20. The molecule has 9 nitrogen and oxygen atoms in total. The van der Waals surface area contributed by atoms with Crippen LogP contribution in [0.5, 0.6) is 11.5 Å². The van der Waals surface area contributed by atoms with E-state index in [0.29, 0.717) is 13.1 Å². The lowest BCUT2D eigenvalue weighted by Gasteiger charge is -2.38. The summed E-state index contributed by atoms with van der Waals surface area (Å²) in [4.78, 5) is 24.5. The molecule has 0 bridgehead atoms. The van der Waals surface area contributed by atoms with Gasteiger partial charge in [0.25, 0.3) is 0 Å². The van der Waals surface area contributed by atoms with Gasteiger partial charge in [-0.3, -0.25) is 9.67 Å². The van der Waals surface area contributed by atoms with E-state index in [1.807, 2.05) is 51.0 Å². The Hall–Kier alpha value is -4.14. The highest BCUT2D eigenvalue weighted by atomic mass is 16.6. The minimum absolute atomic E-state index is 0.0394. The molecule has 0 radical (unpaired) electrons. The molecule has 1 aliphatic rings. The molecule has 210 valence electrons. The Morgan fingerprint density at radius 3 is 2.40 bits per heavy atom. The summed E-state index contributed by atoms with van der Waals surface area (Å²) >= 11 is 0. The second-order valence-corrected chi connectivity index (χ2v) is 11.4. The summed E-state index contributed by atoms with van der Waals surface area (Å²) in [6.45, 7) is 6.95. The minimum atomic E-state index is -0.549. The van der Waals surface area contributed by atoms with Gasteiger partial charge in [0.15, 0.2) is 0 Å². The van der Waals surface area contributed by atoms with E-state index >= 15 is 0 Å². The first-order chi connectivity index (χ1) is 19.1. The third-order valence-electron chi connectivity index (χ3n) is 7.24. The molecule has 0 aliphatic carbocycles. The average molecular weight is 544 g/mol. The van der Waals surface area contributed by atoms with E-state index in [9.17, 15) is 4.79 Å². The van der Waals surface area contributed by atoms with Crippen LogP contribution in [0.15, 0.2) is 55.0 Å². The fourth-order valence-electron chi connectivity index (χ4n) is 5.43. The number of fused-ring (bicyclic) bond motifs is 1. The van der Waals surface area contributed by atoms with Crippen molar-refractivity contribution < 1.29 is 19.0 Å². The summed E-state index contributed by atoms with van der Waals surface area (Å²) in [6, 6.07) is 12.2. The van der Waals surface area contributed by atoms with E-state index in [1.54, 1.807) is 31.3 Å². The zero-order chi connectivity index (χ0) is 28.4. The van der Waals surface area contributed by atoms with Crippen molar-refractivity contribution in [3.05, 3.63) is 66.1 Å². The number of aryl methyl sites for hydroxylation is 1. The first-order valence-corrected chi connectivity index (χ1v) is 13.6. The Labute approximate surface area is 235 Å². The molecule has 0 saturated carbocycles. The van der Waals surface area contributed by atoms with Crippen LogP contribution in [0.1, 0.15) is 50.7 Å². The molecular weight excluding hydrogens is 506 g/mol. The van der Waals surface area contributed by atoms with Crippen LogP contribution in [0.2, 0.25) is 0 Å². The lowest BCUT2D eigenvalue weighted by Crippen LogP contribution is -2.44. The molecule has 3 heterocycles. The molecule has 0 N–H and O–H groups in total. The summed E-state index contributed by atoms with van der Waals surface area (Å²) in [6.07, 6.45) is 7.08. The number of nitrogens with zero attached hydrogens (tertiary/aromatic N) is 5. The number of carbonyl (C=O) groups is 1. The number of likely N-dealkylation sites (tertiary alicyclic amines) is 1. The van der Waals surface area contributed by atoms with Gasteiger partial charge in [-0.05, 0) is 74.9 Å². The molecule has 1 amide bonds. The third-order valence-corrected chi connectivity index (χ3v) is 7.24. The zero-order valence-corrected chi connectivity index (χ0v) is 24.0. The van der Waals surface area contributed by atoms with Crippen LogP contribution in [0, 0.1) is 5.92 Å². The molecule has 40 heavy (non-hydrogen) atoms. The lowest BCUT2D eigenvalue weighted by atomic mass is 9.76. The summed E-state index contributed by atoms with van der Waals surface area (Å²) in [5.74, 6) is 1.55. The number of hydrogen-bond donors (Lipinski definition) is 0. The Morgan fingerprint density at radius 1 is 1.00 bits per heavy atom. The molecule has 5 rings (SSSR count). The largest absolute Gasteiger partial charge is 0.497 e. The number of amides is 1. The number of hydrogen-bond acceptors (Lipinski definition) is 7. The number of carbonyl (C=O) groups excluding carboxylic acids is 1. The SMILES string of the molecule is COc1cc(OC)cc(C(c2ccc3ncc(-c4cnn(C)c4)nc3c2)C2CCCN(C(=O)OC(C)(C)C)C2)c1. The maximum absolute atomic E-state index is 13.0. The number of methoxy groups -OCH3 is 2. The molecule has 2 aromatic heterocycles. The molecular formula is C31H37N5O4. The second kappa shape index (κ2) is 11.2. The first kappa shape index (κ1) is 27.4. The maximum Gasteiger partial charge on any atom is 0.410 e. The predicted molar refractivity (Wildman–Crippen MR) is 154 cm³/mol. The van der Waals surface area contributed by atoms with E-state index in [-0.39, 0.29) is 17.9 Å². The third kappa shape index (κ3) is 6.03. The van der Waals surface area contributed by atoms with Crippen LogP contribution in [-0.4, -0.2) is 63.7 Å². The average Bonchev–Trinajstić information content (AvgIpc) is 3.38. The normalized spacial score (nSPS) is 16.6. The molecule has 1 saturated heterocycles. The van der Waals surface area contributed by atoms with Gasteiger partial charge >= 0.3 is 6.09 Å². The fourth-order valence-corrected chi connectivity index (χ4v) is 5.43. The number of aromatic nitrogens is 4. The Balaban J connectivity index is 1.57. The van der Waals surface area contributed by atoms with Gasteiger partial charge in [0.1, 0.15) is 17.1 Å². The minimum Gasteiger partial charge on any atom is -0.497 e. The van der Waals surface area contributed by atoms with Gasteiger partial charge in [0.05, 0.1) is 43.3 Å². The van der Waals surface area contributed by atoms with Crippen molar-refractivity contribution in [2.24, 2.45) is 13.0 Å². The molecule has 1 aliphatic heterocycles. The zero-order valence-electron chi connectivity index (χ0n) is 24.0. The highest BCUT2D eigenvalue weighted by molar-refractivity contribution is 5.78. The van der Waals surface area contributed by atoms with Gasteiger partial charge in [-0.2, -0.15) is 5.10 Å². The maximum atomic E-state index is 13.0. The molecule has 1 fully saturated rings. The molecule has 2 unspecified atom stereocenters. The first-order valence-electron chi connectivity index (χ1n) is 13.6. The van der Waals surface area contributed by atoms with Crippen LogP contribution in [0.25, 0.3) is 22.3 Å². The number of rotatable bonds is 6. The predicted octanol–water partition coefficient (Wildman–Crippen LogP) is 5.83. The monoisotopic (exact) mass is 543 g/mol. The Kier molecular flexibility index (Phi) is 7.65. The Bertz CT molecular complexity index is 1490. The van der Waals surface area contributed by atoms with Gasteiger partial charge in [0, 0.05) is 43.9 Å². The van der Waals surface area contributed by atoms with Crippen LogP contribution in [-0.2, 0) is 11.8 Å². The van der Waals surface area contributed by atoms with Crippen LogP contribution >= 0.6 is 0 Å². The van der Waals surface area contributed by atoms with Gasteiger partial charge in [-0.25, -0.2) is 9.78 Å². The van der Waals surface area contributed by atoms with E-state index < -0.39 is 5.60 Å². The standard InChI is InChI=1S/C31H37N5O4/c1-31(2,3)40-30(37)36-11-7-8-21(19-36)29(22-12-24(38-5)15-25(13-22)39-6)20-9-10-26-27(14-20)34-28(17-32-26)23-16-33-35(4)18-23/h9-10,12-18,21,29H,7-8,11,19H2,1-6H3. The summed E-state index contributed by atoms with van der Waals surface area (Å²) < 4.78 is 18.7. The van der Waals surface area contributed by atoms with Crippen LogP contribution in [0.3, 0.4) is 0 Å². The van der Waals surface area contributed by atoms with E-state index in [2.05, 4.69) is 34.3 Å². The fraction of sp³-hybridized carbons (Fsp3) is 0.419. The summed E-state index contributed by atoms with van der Waals surface area (Å²) in [5.41, 5.74) is 4.91. The van der Waals surface area contributed by atoms with Crippen molar-refractivity contribution >= 4 is 17.1 Å². The smallest absolute Gasteiger partial charge is 0.410 e. The van der Waals surface area contributed by atoms with E-state index in [4.69, 9.17) is 19.2 Å². The van der Waals surface area contributed by atoms with Crippen molar-refractivity contribution in [2.75, 3.05) is 27.3 Å². The quantitative estimate of drug-likeness (QED) is 0.302. The van der Waals surface area contributed by atoms with Crippen molar-refractivity contribution in [2.45, 2.75) is 45.1 Å². The van der Waals surface area contributed by atoms with Crippen molar-refractivity contribution in [1.82, 2.24) is 24.6 Å². The van der Waals surface area contributed by atoms with Crippen LogP contribution < -0.4 is 9.47 Å². The van der Waals surface area contributed by atoms with Crippen molar-refractivity contribution in [3.63, 3.8) is 0 Å². The molecule has 4 aromatic rings. The van der Waals surface area contributed by atoms with Gasteiger partial charge in [-0.15, -0.1) is 0 Å². The summed E-state index contributed by atoms with van der Waals surface area (Å²) in [5, 5.41) is 4.28. The number of piperidine rings is 1. The topological polar surface area (TPSA) is 91.6 Å². The lowest BCUT2D eigenvalue weighted by molar-refractivity contribution is 0.0157. The van der Waals surface area contributed by atoms with Crippen LogP contribution in [0.4, 0.5) is 4.79 Å². The molecule has 9 heteroatoms. The highest BCUT2D eigenvalue weighted by Crippen LogP contribution is 2.41. The van der Waals surface area contributed by atoms with Crippen molar-refractivity contribution in [1.29, 1.82) is 0 Å². The second-order valence-electron chi connectivity index (χ2n) is 11.4. The number of benzene rings is 2. The molecule has 2 aromatic carbocycles.